The summed E-state index contributed by atoms with van der Waals surface area (Å²) in [6, 6.07) is 2.27. The van der Waals surface area contributed by atoms with E-state index >= 15 is 0 Å². The number of aromatic nitrogens is 2. The molecule has 21 heavy (non-hydrogen) atoms. The van der Waals surface area contributed by atoms with Crippen LogP contribution < -0.4 is 5.32 Å². The molecule has 0 spiro atoms. The summed E-state index contributed by atoms with van der Waals surface area (Å²) in [4.78, 5) is 10.5. The molecule has 0 fully saturated rings. The van der Waals surface area contributed by atoms with Gasteiger partial charge in [0.1, 0.15) is 11.5 Å². The van der Waals surface area contributed by atoms with Crippen LogP contribution >= 0.6 is 15.9 Å². The van der Waals surface area contributed by atoms with Crippen molar-refractivity contribution in [3.63, 3.8) is 0 Å². The Hall–Kier alpha value is -1.96. The predicted octanol–water partition coefficient (Wildman–Crippen LogP) is 3.46. The number of nitrogens with zero attached hydrogens (tertiary/aromatic N) is 3. The van der Waals surface area contributed by atoms with Gasteiger partial charge in [-0.2, -0.15) is 5.10 Å². The van der Waals surface area contributed by atoms with E-state index < -0.39 is 10.7 Å². The fourth-order valence-corrected chi connectivity index (χ4v) is 2.42. The minimum atomic E-state index is -0.553. The van der Waals surface area contributed by atoms with Crippen molar-refractivity contribution in [2.45, 2.75) is 20.4 Å². The highest BCUT2D eigenvalue weighted by Crippen LogP contribution is 2.31. The van der Waals surface area contributed by atoms with E-state index in [0.29, 0.717) is 6.54 Å². The van der Waals surface area contributed by atoms with Crippen LogP contribution in [0.2, 0.25) is 0 Å². The molecule has 1 aromatic heterocycles. The number of nitrogens with one attached hydrogen (secondary N) is 1. The van der Waals surface area contributed by atoms with Crippen LogP contribution in [0.15, 0.2) is 16.6 Å². The molecule has 0 radical (unpaired) electrons. The maximum absolute atomic E-state index is 13.6. The lowest BCUT2D eigenvalue weighted by molar-refractivity contribution is -0.384. The zero-order chi connectivity index (χ0) is 15.7. The largest absolute Gasteiger partial charge is 0.375 e. The SMILES string of the molecule is Cc1nn(C)c(C)c1CNc1cc(F)c(Br)cc1[N+](=O)[O-]. The lowest BCUT2D eigenvalue weighted by Gasteiger charge is -2.08. The van der Waals surface area contributed by atoms with Crippen LogP contribution in [-0.2, 0) is 13.6 Å². The van der Waals surface area contributed by atoms with E-state index in [2.05, 4.69) is 26.3 Å². The first-order chi connectivity index (χ1) is 9.81. The van der Waals surface area contributed by atoms with E-state index in [1.807, 2.05) is 20.9 Å². The van der Waals surface area contributed by atoms with Gasteiger partial charge >= 0.3 is 0 Å². The first kappa shape index (κ1) is 15.4. The zero-order valence-electron chi connectivity index (χ0n) is 11.8. The number of benzene rings is 1. The molecule has 0 aliphatic heterocycles. The second-order valence-corrected chi connectivity index (χ2v) is 5.52. The van der Waals surface area contributed by atoms with Gasteiger partial charge in [0.05, 0.1) is 15.1 Å². The fraction of sp³-hybridized carbons (Fsp3) is 0.308. The third-order valence-corrected chi connectivity index (χ3v) is 3.96. The van der Waals surface area contributed by atoms with E-state index in [0.717, 1.165) is 29.1 Å². The lowest BCUT2D eigenvalue weighted by atomic mass is 10.2. The molecule has 112 valence electrons. The highest BCUT2D eigenvalue weighted by atomic mass is 79.9. The Kier molecular flexibility index (Phi) is 4.26. The molecule has 0 aliphatic carbocycles. The van der Waals surface area contributed by atoms with Crippen molar-refractivity contribution in [2.24, 2.45) is 7.05 Å². The molecule has 1 heterocycles. The molecule has 6 nitrogen and oxygen atoms in total. The Balaban J connectivity index is 2.31. The average molecular weight is 357 g/mol. The van der Waals surface area contributed by atoms with Gasteiger partial charge in [-0.15, -0.1) is 0 Å². The highest BCUT2D eigenvalue weighted by Gasteiger charge is 2.18. The Morgan fingerprint density at radius 1 is 1.48 bits per heavy atom. The van der Waals surface area contributed by atoms with Gasteiger partial charge in [0.2, 0.25) is 0 Å². The van der Waals surface area contributed by atoms with Crippen molar-refractivity contribution in [1.82, 2.24) is 9.78 Å². The molecule has 0 atom stereocenters. The van der Waals surface area contributed by atoms with E-state index in [9.17, 15) is 14.5 Å². The summed E-state index contributed by atoms with van der Waals surface area (Å²) in [7, 11) is 1.83. The van der Waals surface area contributed by atoms with Crippen LogP contribution in [0.3, 0.4) is 0 Å². The van der Waals surface area contributed by atoms with Gasteiger partial charge < -0.3 is 5.32 Å². The lowest BCUT2D eigenvalue weighted by Crippen LogP contribution is -2.05. The van der Waals surface area contributed by atoms with Gasteiger partial charge in [-0.05, 0) is 29.8 Å². The molecule has 0 aliphatic rings. The smallest absolute Gasteiger partial charge is 0.293 e. The number of hydrogen-bond acceptors (Lipinski definition) is 4. The number of hydrogen-bond donors (Lipinski definition) is 1. The third-order valence-electron chi connectivity index (χ3n) is 3.35. The standard InChI is InChI=1S/C13H14BrFN4O2/c1-7-9(8(2)18(3)17-7)6-16-12-5-11(15)10(14)4-13(12)19(20)21/h4-5,16H,6H2,1-3H3. The highest BCUT2D eigenvalue weighted by molar-refractivity contribution is 9.10. The van der Waals surface area contributed by atoms with Crippen LogP contribution in [0.1, 0.15) is 17.0 Å². The summed E-state index contributed by atoms with van der Waals surface area (Å²) in [5.74, 6) is -0.553. The number of nitro groups is 1. The number of anilines is 1. The predicted molar refractivity (Wildman–Crippen MR) is 80.8 cm³/mol. The van der Waals surface area contributed by atoms with Crippen molar-refractivity contribution >= 4 is 27.3 Å². The van der Waals surface area contributed by atoms with E-state index in [-0.39, 0.29) is 15.8 Å². The van der Waals surface area contributed by atoms with Crippen molar-refractivity contribution in [2.75, 3.05) is 5.32 Å². The molecular formula is C13H14BrFN4O2. The molecule has 2 aromatic rings. The summed E-state index contributed by atoms with van der Waals surface area (Å²) in [6.07, 6.45) is 0. The van der Waals surface area contributed by atoms with Crippen LogP contribution in [0.4, 0.5) is 15.8 Å². The molecule has 1 N–H and O–H groups in total. The van der Waals surface area contributed by atoms with Crippen LogP contribution in [-0.4, -0.2) is 14.7 Å². The summed E-state index contributed by atoms with van der Waals surface area (Å²) >= 11 is 2.95. The topological polar surface area (TPSA) is 73.0 Å². The van der Waals surface area contributed by atoms with E-state index in [1.54, 1.807) is 4.68 Å². The third kappa shape index (κ3) is 3.05. The van der Waals surface area contributed by atoms with E-state index in [1.165, 1.54) is 0 Å². The maximum atomic E-state index is 13.6. The van der Waals surface area contributed by atoms with Gasteiger partial charge in [-0.3, -0.25) is 14.8 Å². The summed E-state index contributed by atoms with van der Waals surface area (Å²) < 4.78 is 15.4. The molecular weight excluding hydrogens is 343 g/mol. The quantitative estimate of drug-likeness (QED) is 0.672. The number of aryl methyl sites for hydroxylation is 2. The molecule has 1 aromatic carbocycles. The van der Waals surface area contributed by atoms with Gasteiger partial charge in [0.25, 0.3) is 5.69 Å². The minimum absolute atomic E-state index is 0.0634. The normalized spacial score (nSPS) is 10.7. The first-order valence-corrected chi connectivity index (χ1v) is 6.97. The molecule has 8 heteroatoms. The molecule has 0 amide bonds. The Morgan fingerprint density at radius 2 is 2.14 bits per heavy atom. The van der Waals surface area contributed by atoms with Gasteiger partial charge in [-0.25, -0.2) is 4.39 Å². The second-order valence-electron chi connectivity index (χ2n) is 4.67. The molecule has 2 rings (SSSR count). The second kappa shape index (κ2) is 5.80. The van der Waals surface area contributed by atoms with E-state index in [4.69, 9.17) is 0 Å². The van der Waals surface area contributed by atoms with Gasteiger partial charge in [0, 0.05) is 37.0 Å². The summed E-state index contributed by atoms with van der Waals surface area (Å²) in [5.41, 5.74) is 2.70. The maximum Gasteiger partial charge on any atom is 0.293 e. The van der Waals surface area contributed by atoms with Gasteiger partial charge in [-0.1, -0.05) is 0 Å². The van der Waals surface area contributed by atoms with Crippen LogP contribution in [0.25, 0.3) is 0 Å². The number of nitro benzene ring substituents is 1. The Morgan fingerprint density at radius 3 is 2.67 bits per heavy atom. The van der Waals surface area contributed by atoms with Crippen LogP contribution in [0, 0.1) is 29.8 Å². The Bertz CT molecular complexity index is 715. The first-order valence-electron chi connectivity index (χ1n) is 6.17. The number of rotatable bonds is 4. The van der Waals surface area contributed by atoms with Crippen molar-refractivity contribution in [1.29, 1.82) is 0 Å². The summed E-state index contributed by atoms with van der Waals surface area (Å²) in [6.45, 7) is 4.11. The average Bonchev–Trinajstić information content (AvgIpc) is 2.64. The number of halogens is 2. The molecule has 0 saturated carbocycles. The van der Waals surface area contributed by atoms with Crippen molar-refractivity contribution < 1.29 is 9.31 Å². The Labute approximate surface area is 129 Å². The monoisotopic (exact) mass is 356 g/mol. The molecule has 0 saturated heterocycles. The molecule has 0 unspecified atom stereocenters. The summed E-state index contributed by atoms with van der Waals surface area (Å²) in [5, 5.41) is 18.2. The van der Waals surface area contributed by atoms with Crippen LogP contribution in [0.5, 0.6) is 0 Å². The zero-order valence-corrected chi connectivity index (χ0v) is 13.4. The fourth-order valence-electron chi connectivity index (χ4n) is 2.09. The van der Waals surface area contributed by atoms with Crippen molar-refractivity contribution in [3.05, 3.63) is 49.5 Å². The van der Waals surface area contributed by atoms with Crippen molar-refractivity contribution in [3.8, 4) is 0 Å². The van der Waals surface area contributed by atoms with Gasteiger partial charge in [0.15, 0.2) is 0 Å². The minimum Gasteiger partial charge on any atom is -0.375 e. The molecule has 0 bridgehead atoms.